The Labute approximate surface area is 171 Å². The molecule has 2 N–H and O–H groups in total. The van der Waals surface area contributed by atoms with Crippen LogP contribution in [0.15, 0.2) is 36.4 Å². The van der Waals surface area contributed by atoms with Crippen molar-refractivity contribution < 1.29 is 14.7 Å². The van der Waals surface area contributed by atoms with Gasteiger partial charge in [-0.2, -0.15) is 0 Å². The number of amides is 1. The van der Waals surface area contributed by atoms with E-state index in [1.165, 1.54) is 17.7 Å². The predicted molar refractivity (Wildman–Crippen MR) is 109 cm³/mol. The number of aromatic amines is 1. The monoisotopic (exact) mass is 416 g/mol. The van der Waals surface area contributed by atoms with Gasteiger partial charge in [0.25, 0.3) is 5.91 Å². The summed E-state index contributed by atoms with van der Waals surface area (Å²) < 4.78 is 0. The van der Waals surface area contributed by atoms with Gasteiger partial charge >= 0.3 is 5.97 Å². The van der Waals surface area contributed by atoms with Gasteiger partial charge in [0.05, 0.1) is 26.7 Å². The second-order valence-corrected chi connectivity index (χ2v) is 8.22. The van der Waals surface area contributed by atoms with Crippen molar-refractivity contribution >= 4 is 46.0 Å². The number of carbonyl (C=O) groups excluding carboxylic acids is 1. The van der Waals surface area contributed by atoms with E-state index in [-0.39, 0.29) is 27.1 Å². The van der Waals surface area contributed by atoms with E-state index >= 15 is 0 Å². The van der Waals surface area contributed by atoms with Crippen LogP contribution >= 0.6 is 23.2 Å². The van der Waals surface area contributed by atoms with Gasteiger partial charge in [0.15, 0.2) is 0 Å². The molecule has 28 heavy (non-hydrogen) atoms. The van der Waals surface area contributed by atoms with Crippen LogP contribution in [-0.4, -0.2) is 33.4 Å². The zero-order valence-electron chi connectivity index (χ0n) is 15.3. The van der Waals surface area contributed by atoms with Gasteiger partial charge < -0.3 is 15.0 Å². The second-order valence-electron chi connectivity index (χ2n) is 7.41. The lowest BCUT2D eigenvalue weighted by atomic mass is 9.87. The Balaban J connectivity index is 1.82. The van der Waals surface area contributed by atoms with Crippen LogP contribution in [0.2, 0.25) is 10.0 Å². The number of carboxylic acids is 1. The van der Waals surface area contributed by atoms with Gasteiger partial charge in [-0.1, -0.05) is 41.4 Å². The standard InChI is InChI=1S/C21H18Cl2N2O3/c1-21(2)18-12(11-5-3-4-6-17(11)24-18)7-8-25(21)19(26)13-9-15(22)16(23)10-14(13)20(27)28/h3-6,9-10,24H,7-8H2,1-2H3,(H,27,28). The molecule has 7 heteroatoms. The van der Waals surface area contributed by atoms with Gasteiger partial charge in [0.1, 0.15) is 0 Å². The third kappa shape index (κ3) is 2.77. The molecule has 0 unspecified atom stereocenters. The zero-order valence-corrected chi connectivity index (χ0v) is 16.9. The Morgan fingerprint density at radius 3 is 2.43 bits per heavy atom. The van der Waals surface area contributed by atoms with E-state index in [1.54, 1.807) is 4.90 Å². The molecule has 3 aromatic rings. The Kier molecular flexibility index (Phi) is 4.40. The molecule has 0 radical (unpaired) electrons. The maximum absolute atomic E-state index is 13.4. The van der Waals surface area contributed by atoms with E-state index in [4.69, 9.17) is 23.2 Å². The molecule has 0 aliphatic carbocycles. The van der Waals surface area contributed by atoms with Crippen molar-refractivity contribution in [3.05, 3.63) is 68.8 Å². The summed E-state index contributed by atoms with van der Waals surface area (Å²) in [7, 11) is 0. The number of para-hydroxylation sites is 1. The molecule has 2 aromatic carbocycles. The average Bonchev–Trinajstić information content (AvgIpc) is 3.03. The van der Waals surface area contributed by atoms with Crippen LogP contribution in [0.4, 0.5) is 0 Å². The third-order valence-electron chi connectivity index (χ3n) is 5.45. The minimum Gasteiger partial charge on any atom is -0.478 e. The van der Waals surface area contributed by atoms with Crippen LogP contribution in [0.1, 0.15) is 45.8 Å². The number of carbonyl (C=O) groups is 2. The average molecular weight is 417 g/mol. The minimum atomic E-state index is -1.22. The number of aromatic carboxylic acids is 1. The fourth-order valence-corrected chi connectivity index (χ4v) is 4.35. The van der Waals surface area contributed by atoms with Crippen LogP contribution in [0.25, 0.3) is 10.9 Å². The van der Waals surface area contributed by atoms with Crippen molar-refractivity contribution in [1.82, 2.24) is 9.88 Å². The molecule has 2 heterocycles. The Hall–Kier alpha value is -2.50. The van der Waals surface area contributed by atoms with Crippen molar-refractivity contribution in [2.75, 3.05) is 6.54 Å². The molecule has 0 saturated carbocycles. The summed E-state index contributed by atoms with van der Waals surface area (Å²) in [6.45, 7) is 4.38. The van der Waals surface area contributed by atoms with Crippen molar-refractivity contribution in [2.45, 2.75) is 25.8 Å². The number of nitrogens with zero attached hydrogens (tertiary/aromatic N) is 1. The van der Waals surface area contributed by atoms with Crippen molar-refractivity contribution in [1.29, 1.82) is 0 Å². The maximum Gasteiger partial charge on any atom is 0.336 e. The summed E-state index contributed by atoms with van der Waals surface area (Å²) in [6.07, 6.45) is 0.679. The Morgan fingerprint density at radius 1 is 1.11 bits per heavy atom. The van der Waals surface area contributed by atoms with Gasteiger partial charge in [-0.3, -0.25) is 4.79 Å². The van der Waals surface area contributed by atoms with Crippen LogP contribution in [-0.2, 0) is 12.0 Å². The number of aromatic nitrogens is 1. The normalized spacial score (nSPS) is 15.5. The minimum absolute atomic E-state index is 0.0366. The maximum atomic E-state index is 13.4. The van der Waals surface area contributed by atoms with Gasteiger partial charge in [0, 0.05) is 23.1 Å². The first-order valence-electron chi connectivity index (χ1n) is 8.86. The molecule has 1 amide bonds. The van der Waals surface area contributed by atoms with E-state index in [9.17, 15) is 14.7 Å². The van der Waals surface area contributed by atoms with E-state index in [0.717, 1.165) is 16.6 Å². The lowest BCUT2D eigenvalue weighted by Crippen LogP contribution is -2.50. The largest absolute Gasteiger partial charge is 0.478 e. The first-order valence-corrected chi connectivity index (χ1v) is 9.61. The number of benzene rings is 2. The second kappa shape index (κ2) is 6.54. The topological polar surface area (TPSA) is 73.4 Å². The highest BCUT2D eigenvalue weighted by Crippen LogP contribution is 2.39. The van der Waals surface area contributed by atoms with Crippen LogP contribution in [0.3, 0.4) is 0 Å². The molecular weight excluding hydrogens is 399 g/mol. The summed E-state index contributed by atoms with van der Waals surface area (Å²) in [4.78, 5) is 30.2. The first-order chi connectivity index (χ1) is 13.2. The third-order valence-corrected chi connectivity index (χ3v) is 6.17. The number of halogens is 2. The quantitative estimate of drug-likeness (QED) is 0.609. The lowest BCUT2D eigenvalue weighted by molar-refractivity contribution is 0.0496. The molecule has 1 aromatic heterocycles. The smallest absolute Gasteiger partial charge is 0.336 e. The predicted octanol–water partition coefficient (Wildman–Crippen LogP) is 5.11. The number of hydrogen-bond donors (Lipinski definition) is 2. The summed E-state index contributed by atoms with van der Waals surface area (Å²) in [5, 5.41) is 10.9. The highest BCUT2D eigenvalue weighted by molar-refractivity contribution is 6.42. The number of carboxylic acid groups (broad SMARTS) is 1. The first kappa shape index (κ1) is 18.8. The van der Waals surface area contributed by atoms with Crippen LogP contribution in [0, 0.1) is 0 Å². The molecule has 0 spiro atoms. The van der Waals surface area contributed by atoms with Crippen molar-refractivity contribution in [2.24, 2.45) is 0 Å². The molecule has 1 aliphatic heterocycles. The van der Waals surface area contributed by atoms with E-state index in [1.807, 2.05) is 32.0 Å². The molecule has 1 aliphatic rings. The van der Waals surface area contributed by atoms with E-state index in [2.05, 4.69) is 11.1 Å². The number of fused-ring (bicyclic) bond motifs is 3. The summed E-state index contributed by atoms with van der Waals surface area (Å²) in [5.41, 5.74) is 2.41. The van der Waals surface area contributed by atoms with Gasteiger partial charge in [-0.05, 0) is 44.0 Å². The fraction of sp³-hybridized carbons (Fsp3) is 0.238. The highest BCUT2D eigenvalue weighted by Gasteiger charge is 2.40. The number of H-pyrrole nitrogens is 1. The SMILES string of the molecule is CC1(C)c2[nH]c3ccccc3c2CCN1C(=O)c1cc(Cl)c(Cl)cc1C(=O)O. The van der Waals surface area contributed by atoms with Gasteiger partial charge in [-0.15, -0.1) is 0 Å². The lowest BCUT2D eigenvalue weighted by Gasteiger charge is -2.42. The van der Waals surface area contributed by atoms with Crippen molar-refractivity contribution in [3.63, 3.8) is 0 Å². The van der Waals surface area contributed by atoms with E-state index < -0.39 is 11.5 Å². The molecule has 4 rings (SSSR count). The zero-order chi connectivity index (χ0) is 20.2. The van der Waals surface area contributed by atoms with E-state index in [0.29, 0.717) is 13.0 Å². The van der Waals surface area contributed by atoms with Gasteiger partial charge in [0.2, 0.25) is 0 Å². The molecule has 0 bridgehead atoms. The fourth-order valence-electron chi connectivity index (χ4n) is 4.02. The number of rotatable bonds is 2. The van der Waals surface area contributed by atoms with Gasteiger partial charge in [-0.25, -0.2) is 4.79 Å². The molecule has 5 nitrogen and oxygen atoms in total. The summed E-state index contributed by atoms with van der Waals surface area (Å²) in [5.74, 6) is -1.60. The number of hydrogen-bond acceptors (Lipinski definition) is 2. The highest BCUT2D eigenvalue weighted by atomic mass is 35.5. The molecular formula is C21H18Cl2N2O3. The Bertz CT molecular complexity index is 1130. The molecule has 0 fully saturated rings. The Morgan fingerprint density at radius 2 is 1.75 bits per heavy atom. The number of nitrogens with one attached hydrogen (secondary N) is 1. The van der Waals surface area contributed by atoms with Crippen molar-refractivity contribution in [3.8, 4) is 0 Å². The van der Waals surface area contributed by atoms with Crippen LogP contribution in [0.5, 0.6) is 0 Å². The van der Waals surface area contributed by atoms with Crippen LogP contribution < -0.4 is 0 Å². The molecule has 144 valence electrons. The summed E-state index contributed by atoms with van der Waals surface area (Å²) >= 11 is 12.0. The summed E-state index contributed by atoms with van der Waals surface area (Å²) in [6, 6.07) is 10.6. The molecule has 0 atom stereocenters. The molecule has 0 saturated heterocycles.